The van der Waals surface area contributed by atoms with Crippen LogP contribution in [0.1, 0.15) is 16.1 Å². The Bertz CT molecular complexity index is 931. The summed E-state index contributed by atoms with van der Waals surface area (Å²) in [5.74, 6) is 0.271. The van der Waals surface area contributed by atoms with Crippen LogP contribution in [0.25, 0.3) is 0 Å². The molecule has 1 aromatic carbocycles. The monoisotopic (exact) mass is 419 g/mol. The first-order valence-corrected chi connectivity index (χ1v) is 11.2. The third kappa shape index (κ3) is 4.53. The molecule has 2 aromatic rings. The number of furan rings is 1. The van der Waals surface area contributed by atoms with E-state index >= 15 is 0 Å². The van der Waals surface area contributed by atoms with Crippen LogP contribution in [0.5, 0.6) is 0 Å². The average molecular weight is 420 g/mol. The normalized spacial score (nSPS) is 19.4. The van der Waals surface area contributed by atoms with Gasteiger partial charge in [-0.05, 0) is 29.8 Å². The molecule has 0 saturated carbocycles. The number of benzene rings is 1. The van der Waals surface area contributed by atoms with Crippen molar-refractivity contribution in [1.29, 1.82) is 0 Å². The Kier molecular flexibility index (Phi) is 6.00. The number of sulfonamides is 1. The minimum atomic E-state index is -3.50. The second kappa shape index (κ2) is 8.66. The van der Waals surface area contributed by atoms with Gasteiger partial charge in [0.05, 0.1) is 24.4 Å². The van der Waals surface area contributed by atoms with E-state index in [9.17, 15) is 13.2 Å². The largest absolute Gasteiger partial charge is 0.459 e. The van der Waals surface area contributed by atoms with Crippen LogP contribution in [0, 0.1) is 0 Å². The summed E-state index contributed by atoms with van der Waals surface area (Å²) in [6, 6.07) is 10.5. The number of amides is 1. The van der Waals surface area contributed by atoms with Gasteiger partial charge in [-0.2, -0.15) is 4.31 Å². The minimum Gasteiger partial charge on any atom is -0.459 e. The van der Waals surface area contributed by atoms with E-state index in [2.05, 4.69) is 4.90 Å². The summed E-state index contributed by atoms with van der Waals surface area (Å²) in [7, 11) is -3.50. The zero-order chi connectivity index (χ0) is 20.3. The number of nitrogens with zero attached hydrogens (tertiary/aromatic N) is 3. The molecule has 0 N–H and O–H groups in total. The Morgan fingerprint density at radius 3 is 2.41 bits per heavy atom. The molecule has 4 rings (SSSR count). The summed E-state index contributed by atoms with van der Waals surface area (Å²) in [5, 5.41) is 0. The molecule has 9 heteroatoms. The summed E-state index contributed by atoms with van der Waals surface area (Å²) in [5.41, 5.74) is 0.949. The molecule has 2 fully saturated rings. The van der Waals surface area contributed by atoms with E-state index in [4.69, 9.17) is 9.15 Å². The summed E-state index contributed by atoms with van der Waals surface area (Å²) in [6.07, 6.45) is 1.50. The number of rotatable bonds is 5. The molecule has 3 heterocycles. The molecule has 0 aliphatic carbocycles. The first-order chi connectivity index (χ1) is 14.0. The molecule has 2 saturated heterocycles. The van der Waals surface area contributed by atoms with Gasteiger partial charge < -0.3 is 14.1 Å². The number of hydrogen-bond acceptors (Lipinski definition) is 6. The molecule has 0 radical (unpaired) electrons. The molecule has 0 atom stereocenters. The standard InChI is InChI=1S/C20H25N3O5S/c24-20(19-5-2-12-28-19)22-8-6-21(7-9-22)16-17-3-1-4-18(15-17)29(25,26)23-10-13-27-14-11-23/h1-5,12,15H,6-11,13-14,16H2. The molecule has 0 bridgehead atoms. The summed E-state index contributed by atoms with van der Waals surface area (Å²) < 4.78 is 37.7. The van der Waals surface area contributed by atoms with Crippen LogP contribution in [0.3, 0.4) is 0 Å². The number of carbonyl (C=O) groups is 1. The molecule has 2 aliphatic heterocycles. The maximum absolute atomic E-state index is 12.9. The smallest absolute Gasteiger partial charge is 0.289 e. The second-order valence-corrected chi connectivity index (χ2v) is 9.15. The van der Waals surface area contributed by atoms with Gasteiger partial charge in [-0.15, -0.1) is 0 Å². The molecule has 29 heavy (non-hydrogen) atoms. The number of hydrogen-bond donors (Lipinski definition) is 0. The summed E-state index contributed by atoms with van der Waals surface area (Å²) >= 11 is 0. The van der Waals surface area contributed by atoms with E-state index in [0.29, 0.717) is 56.6 Å². The van der Waals surface area contributed by atoms with Gasteiger partial charge in [-0.3, -0.25) is 9.69 Å². The maximum Gasteiger partial charge on any atom is 0.289 e. The molecule has 0 spiro atoms. The lowest BCUT2D eigenvalue weighted by Gasteiger charge is -2.34. The molecule has 156 valence electrons. The van der Waals surface area contributed by atoms with Crippen LogP contribution in [0.4, 0.5) is 0 Å². The Morgan fingerprint density at radius 2 is 1.72 bits per heavy atom. The van der Waals surface area contributed by atoms with Gasteiger partial charge in [0, 0.05) is 45.8 Å². The zero-order valence-corrected chi connectivity index (χ0v) is 17.0. The molecule has 8 nitrogen and oxygen atoms in total. The lowest BCUT2D eigenvalue weighted by molar-refractivity contribution is 0.0597. The van der Waals surface area contributed by atoms with Crippen molar-refractivity contribution < 1.29 is 22.4 Å². The highest BCUT2D eigenvalue weighted by atomic mass is 32.2. The van der Waals surface area contributed by atoms with Gasteiger partial charge in [0.15, 0.2) is 5.76 Å². The van der Waals surface area contributed by atoms with Gasteiger partial charge >= 0.3 is 0 Å². The lowest BCUT2D eigenvalue weighted by atomic mass is 10.2. The third-order valence-corrected chi connectivity index (χ3v) is 7.20. The Labute approximate surface area is 170 Å². The number of ether oxygens (including phenoxy) is 1. The van der Waals surface area contributed by atoms with Crippen molar-refractivity contribution in [2.24, 2.45) is 0 Å². The Balaban J connectivity index is 1.37. The Hall–Kier alpha value is -2.20. The molecule has 0 unspecified atom stereocenters. The summed E-state index contributed by atoms with van der Waals surface area (Å²) in [6.45, 7) is 4.97. The van der Waals surface area contributed by atoms with Gasteiger partial charge in [-0.1, -0.05) is 12.1 Å². The van der Waals surface area contributed by atoms with Gasteiger partial charge in [0.1, 0.15) is 0 Å². The first-order valence-electron chi connectivity index (χ1n) is 9.76. The maximum atomic E-state index is 12.9. The quantitative estimate of drug-likeness (QED) is 0.726. The SMILES string of the molecule is O=C(c1ccco1)N1CCN(Cc2cccc(S(=O)(=O)N3CCOCC3)c2)CC1. The van der Waals surface area contributed by atoms with Crippen LogP contribution in [-0.4, -0.2) is 80.9 Å². The van der Waals surface area contributed by atoms with E-state index in [0.717, 1.165) is 18.7 Å². The van der Waals surface area contributed by atoms with Crippen molar-refractivity contribution in [3.63, 3.8) is 0 Å². The second-order valence-electron chi connectivity index (χ2n) is 7.21. The van der Waals surface area contributed by atoms with E-state index in [1.54, 1.807) is 35.2 Å². The van der Waals surface area contributed by atoms with Gasteiger partial charge in [-0.25, -0.2) is 8.42 Å². The number of piperazine rings is 1. The topological polar surface area (TPSA) is 83.3 Å². The zero-order valence-electron chi connectivity index (χ0n) is 16.2. The van der Waals surface area contributed by atoms with Crippen molar-refractivity contribution in [2.45, 2.75) is 11.4 Å². The number of carbonyl (C=O) groups excluding carboxylic acids is 1. The Morgan fingerprint density at radius 1 is 0.966 bits per heavy atom. The van der Waals surface area contributed by atoms with E-state index in [1.807, 2.05) is 6.07 Å². The highest BCUT2D eigenvalue weighted by Gasteiger charge is 2.27. The fourth-order valence-electron chi connectivity index (χ4n) is 3.66. The fraction of sp³-hybridized carbons (Fsp3) is 0.450. The highest BCUT2D eigenvalue weighted by Crippen LogP contribution is 2.20. The lowest BCUT2D eigenvalue weighted by Crippen LogP contribution is -2.48. The highest BCUT2D eigenvalue weighted by molar-refractivity contribution is 7.89. The molecule has 1 aromatic heterocycles. The molecule has 1 amide bonds. The summed E-state index contributed by atoms with van der Waals surface area (Å²) in [4.78, 5) is 16.7. The van der Waals surface area contributed by atoms with E-state index in [1.165, 1.54) is 10.6 Å². The van der Waals surface area contributed by atoms with Crippen molar-refractivity contribution >= 4 is 15.9 Å². The van der Waals surface area contributed by atoms with Crippen molar-refractivity contribution in [3.05, 3.63) is 54.0 Å². The number of morpholine rings is 1. The van der Waals surface area contributed by atoms with Crippen LogP contribution in [-0.2, 0) is 21.3 Å². The van der Waals surface area contributed by atoms with Crippen molar-refractivity contribution in [1.82, 2.24) is 14.1 Å². The molecular formula is C20H25N3O5S. The van der Waals surface area contributed by atoms with Crippen molar-refractivity contribution in [2.75, 3.05) is 52.5 Å². The van der Waals surface area contributed by atoms with Gasteiger partial charge in [0.25, 0.3) is 5.91 Å². The predicted molar refractivity (Wildman–Crippen MR) is 106 cm³/mol. The van der Waals surface area contributed by atoms with E-state index in [-0.39, 0.29) is 5.91 Å². The van der Waals surface area contributed by atoms with Gasteiger partial charge in [0.2, 0.25) is 10.0 Å². The first kappa shape index (κ1) is 20.1. The molecular weight excluding hydrogens is 394 g/mol. The molecule has 2 aliphatic rings. The third-order valence-electron chi connectivity index (χ3n) is 5.30. The van der Waals surface area contributed by atoms with Crippen LogP contribution >= 0.6 is 0 Å². The van der Waals surface area contributed by atoms with Crippen LogP contribution < -0.4 is 0 Å². The fourth-order valence-corrected chi connectivity index (χ4v) is 5.14. The van der Waals surface area contributed by atoms with Crippen LogP contribution in [0.2, 0.25) is 0 Å². The minimum absolute atomic E-state index is 0.0896. The van der Waals surface area contributed by atoms with Crippen LogP contribution in [0.15, 0.2) is 52.0 Å². The predicted octanol–water partition coefficient (Wildman–Crippen LogP) is 1.26. The van der Waals surface area contributed by atoms with Crippen molar-refractivity contribution in [3.8, 4) is 0 Å². The average Bonchev–Trinajstić information content (AvgIpc) is 3.30. The van der Waals surface area contributed by atoms with E-state index < -0.39 is 10.0 Å².